The molecule has 0 saturated carbocycles. The van der Waals surface area contributed by atoms with Crippen LogP contribution in [-0.4, -0.2) is 22.2 Å². The fraction of sp³-hybridized carbons (Fsp3) is 0. The van der Waals surface area contributed by atoms with Crippen molar-refractivity contribution in [2.24, 2.45) is 0 Å². The van der Waals surface area contributed by atoms with Gasteiger partial charge in [-0.1, -0.05) is 48.5 Å². The van der Waals surface area contributed by atoms with Gasteiger partial charge in [0, 0.05) is 21.5 Å². The molecular weight excluding hydrogens is 360 g/mol. The minimum absolute atomic E-state index is 0.166. The van der Waals surface area contributed by atoms with Gasteiger partial charge in [0.25, 0.3) is 0 Å². The van der Waals surface area contributed by atoms with Gasteiger partial charge in [0.2, 0.25) is 0 Å². The number of carbonyl (C=O) groups is 2. The van der Waals surface area contributed by atoms with Crippen molar-refractivity contribution in [3.63, 3.8) is 0 Å². The highest BCUT2D eigenvalue weighted by Gasteiger charge is 2.15. The van der Waals surface area contributed by atoms with E-state index >= 15 is 0 Å². The predicted molar refractivity (Wildman–Crippen MR) is 103 cm³/mol. The van der Waals surface area contributed by atoms with Gasteiger partial charge in [0.15, 0.2) is 11.5 Å². The second kappa shape index (κ2) is 6.92. The molecule has 0 bridgehead atoms. The van der Waals surface area contributed by atoms with Gasteiger partial charge in [-0.05, 0) is 24.3 Å². The molecule has 0 spiro atoms. The van der Waals surface area contributed by atoms with Crippen LogP contribution in [0.25, 0.3) is 21.5 Å². The Hall–Kier alpha value is -4.06. The second-order valence-electron chi connectivity index (χ2n) is 6.09. The lowest BCUT2D eigenvalue weighted by Crippen LogP contribution is -2.05. The standard InChI is InChI=1S/C22H14O6/c23-21(24)17-9-11-19(15-7-3-1-5-13(15)17)27-28-20-12-10-18(22(25)26)14-6-2-4-8-16(14)20/h1-12H,(H,23,24)(H,25,26). The van der Waals surface area contributed by atoms with Crippen LogP contribution in [0.5, 0.6) is 11.5 Å². The van der Waals surface area contributed by atoms with Crippen LogP contribution in [0.2, 0.25) is 0 Å². The van der Waals surface area contributed by atoms with Crippen molar-refractivity contribution >= 4 is 33.5 Å². The fourth-order valence-electron chi connectivity index (χ4n) is 3.15. The summed E-state index contributed by atoms with van der Waals surface area (Å²) in [4.78, 5) is 33.9. The Labute approximate surface area is 159 Å². The summed E-state index contributed by atoms with van der Waals surface area (Å²) in [7, 11) is 0. The van der Waals surface area contributed by atoms with Gasteiger partial charge in [-0.25, -0.2) is 9.59 Å². The van der Waals surface area contributed by atoms with E-state index in [1.165, 1.54) is 24.3 Å². The molecule has 0 heterocycles. The van der Waals surface area contributed by atoms with Crippen LogP contribution < -0.4 is 9.78 Å². The van der Waals surface area contributed by atoms with Crippen molar-refractivity contribution in [3.05, 3.63) is 83.9 Å². The van der Waals surface area contributed by atoms with Gasteiger partial charge < -0.3 is 10.2 Å². The third-order valence-electron chi connectivity index (χ3n) is 4.45. The Morgan fingerprint density at radius 1 is 0.536 bits per heavy atom. The van der Waals surface area contributed by atoms with E-state index in [1.807, 2.05) is 0 Å². The van der Waals surface area contributed by atoms with Crippen molar-refractivity contribution in [2.75, 3.05) is 0 Å². The summed E-state index contributed by atoms with van der Waals surface area (Å²) < 4.78 is 0. The van der Waals surface area contributed by atoms with Gasteiger partial charge in [-0.15, -0.1) is 0 Å². The van der Waals surface area contributed by atoms with Crippen molar-refractivity contribution < 1.29 is 29.6 Å². The molecule has 0 amide bonds. The van der Waals surface area contributed by atoms with Gasteiger partial charge in [-0.2, -0.15) is 0 Å². The van der Waals surface area contributed by atoms with Crippen LogP contribution in [0.1, 0.15) is 20.7 Å². The molecule has 4 rings (SSSR count). The minimum atomic E-state index is -1.03. The van der Waals surface area contributed by atoms with Crippen molar-refractivity contribution in [2.45, 2.75) is 0 Å². The monoisotopic (exact) mass is 374 g/mol. The number of benzene rings is 4. The Morgan fingerprint density at radius 2 is 0.893 bits per heavy atom. The maximum atomic E-state index is 11.4. The van der Waals surface area contributed by atoms with E-state index in [9.17, 15) is 19.8 Å². The summed E-state index contributed by atoms with van der Waals surface area (Å²) in [5, 5.41) is 20.9. The van der Waals surface area contributed by atoms with E-state index < -0.39 is 11.9 Å². The van der Waals surface area contributed by atoms with Crippen molar-refractivity contribution in [1.29, 1.82) is 0 Å². The van der Waals surface area contributed by atoms with Gasteiger partial charge in [0.05, 0.1) is 11.1 Å². The zero-order chi connectivity index (χ0) is 19.7. The van der Waals surface area contributed by atoms with Gasteiger partial charge >= 0.3 is 11.9 Å². The average Bonchev–Trinajstić information content (AvgIpc) is 2.71. The smallest absolute Gasteiger partial charge is 0.336 e. The van der Waals surface area contributed by atoms with Gasteiger partial charge in [0.1, 0.15) is 0 Å². The summed E-state index contributed by atoms with van der Waals surface area (Å²) >= 11 is 0. The van der Waals surface area contributed by atoms with Crippen LogP contribution >= 0.6 is 0 Å². The molecular formula is C22H14O6. The normalized spacial score (nSPS) is 10.7. The van der Waals surface area contributed by atoms with E-state index in [1.54, 1.807) is 48.5 Å². The highest BCUT2D eigenvalue weighted by molar-refractivity contribution is 6.06. The van der Waals surface area contributed by atoms with Crippen LogP contribution in [0, 0.1) is 0 Å². The minimum Gasteiger partial charge on any atom is -0.478 e. The van der Waals surface area contributed by atoms with Crippen molar-refractivity contribution in [3.8, 4) is 11.5 Å². The quantitative estimate of drug-likeness (QED) is 0.386. The summed E-state index contributed by atoms with van der Waals surface area (Å²) in [6, 6.07) is 19.9. The summed E-state index contributed by atoms with van der Waals surface area (Å²) in [6.07, 6.45) is 0. The molecule has 0 atom stereocenters. The number of aromatic carboxylic acids is 2. The molecule has 2 N–H and O–H groups in total. The molecule has 4 aromatic carbocycles. The molecule has 0 aliphatic carbocycles. The molecule has 0 aliphatic rings. The molecule has 28 heavy (non-hydrogen) atoms. The number of hydrogen-bond acceptors (Lipinski definition) is 4. The number of carboxylic acid groups (broad SMARTS) is 2. The van der Waals surface area contributed by atoms with Gasteiger partial charge in [-0.3, -0.25) is 9.78 Å². The molecule has 4 aromatic rings. The van der Waals surface area contributed by atoms with E-state index in [2.05, 4.69) is 0 Å². The Morgan fingerprint density at radius 3 is 1.25 bits per heavy atom. The number of carboxylic acids is 2. The predicted octanol–water partition coefficient (Wildman–Crippen LogP) is 4.76. The number of fused-ring (bicyclic) bond motifs is 2. The maximum Gasteiger partial charge on any atom is 0.336 e. The Kier molecular flexibility index (Phi) is 4.29. The van der Waals surface area contributed by atoms with E-state index in [4.69, 9.17) is 9.78 Å². The first-order valence-electron chi connectivity index (χ1n) is 8.41. The lowest BCUT2D eigenvalue weighted by molar-refractivity contribution is -0.0968. The molecule has 0 unspecified atom stereocenters. The maximum absolute atomic E-state index is 11.4. The first-order chi connectivity index (χ1) is 13.6. The zero-order valence-electron chi connectivity index (χ0n) is 14.5. The molecule has 6 nitrogen and oxygen atoms in total. The Bertz CT molecular complexity index is 1130. The molecule has 6 heteroatoms. The highest BCUT2D eigenvalue weighted by atomic mass is 17.2. The van der Waals surface area contributed by atoms with E-state index in [0.717, 1.165) is 0 Å². The highest BCUT2D eigenvalue weighted by Crippen LogP contribution is 2.32. The second-order valence-corrected chi connectivity index (χ2v) is 6.09. The fourth-order valence-corrected chi connectivity index (χ4v) is 3.15. The first-order valence-corrected chi connectivity index (χ1v) is 8.41. The summed E-state index contributed by atoms with van der Waals surface area (Å²) in [5.41, 5.74) is 0.332. The summed E-state index contributed by atoms with van der Waals surface area (Å²) in [5.74, 6) is -1.35. The zero-order valence-corrected chi connectivity index (χ0v) is 14.5. The third kappa shape index (κ3) is 2.97. The molecule has 0 saturated heterocycles. The van der Waals surface area contributed by atoms with Crippen LogP contribution in [0.3, 0.4) is 0 Å². The molecule has 0 fully saturated rings. The lowest BCUT2D eigenvalue weighted by Gasteiger charge is -2.12. The Balaban J connectivity index is 1.73. The lowest BCUT2D eigenvalue weighted by atomic mass is 10.0. The van der Waals surface area contributed by atoms with Crippen LogP contribution in [-0.2, 0) is 0 Å². The van der Waals surface area contributed by atoms with Crippen molar-refractivity contribution in [1.82, 2.24) is 0 Å². The van der Waals surface area contributed by atoms with E-state index in [-0.39, 0.29) is 11.1 Å². The SMILES string of the molecule is O=C(O)c1ccc(OOc2ccc(C(=O)O)c3ccccc23)c2ccccc12. The topological polar surface area (TPSA) is 93.1 Å². The third-order valence-corrected chi connectivity index (χ3v) is 4.45. The van der Waals surface area contributed by atoms with E-state index in [0.29, 0.717) is 33.0 Å². The molecule has 0 aromatic heterocycles. The molecule has 0 aliphatic heterocycles. The average molecular weight is 374 g/mol. The number of hydrogen-bond donors (Lipinski definition) is 2. The molecule has 0 radical (unpaired) electrons. The first kappa shape index (κ1) is 17.4. The van der Waals surface area contributed by atoms with Crippen LogP contribution in [0.15, 0.2) is 72.8 Å². The molecule has 138 valence electrons. The van der Waals surface area contributed by atoms with Crippen LogP contribution in [0.4, 0.5) is 0 Å². The number of rotatable bonds is 5. The largest absolute Gasteiger partial charge is 0.478 e. The summed E-state index contributed by atoms with van der Waals surface area (Å²) in [6.45, 7) is 0.